The van der Waals surface area contributed by atoms with Gasteiger partial charge in [-0.3, -0.25) is 0 Å². The van der Waals surface area contributed by atoms with Crippen molar-refractivity contribution >= 4 is 5.82 Å². The van der Waals surface area contributed by atoms with Crippen molar-refractivity contribution in [3.05, 3.63) is 18.3 Å². The molecule has 0 aliphatic rings. The summed E-state index contributed by atoms with van der Waals surface area (Å²) in [6.45, 7) is 5.07. The molecular formula is C13H22N2O2. The normalized spacial score (nSPS) is 11.3. The van der Waals surface area contributed by atoms with Gasteiger partial charge in [-0.05, 0) is 25.0 Å². The molecule has 4 heteroatoms. The fraction of sp³-hybridized carbons (Fsp3) is 0.615. The third kappa shape index (κ3) is 3.33. The molecule has 0 unspecified atom stereocenters. The average molecular weight is 238 g/mol. The Kier molecular flexibility index (Phi) is 5.22. The summed E-state index contributed by atoms with van der Waals surface area (Å²) in [7, 11) is 1.63. The van der Waals surface area contributed by atoms with Gasteiger partial charge in [0, 0.05) is 18.2 Å². The second kappa shape index (κ2) is 6.45. The summed E-state index contributed by atoms with van der Waals surface area (Å²) in [6, 6.07) is 3.71. The van der Waals surface area contributed by atoms with Crippen molar-refractivity contribution in [1.29, 1.82) is 0 Å². The van der Waals surface area contributed by atoms with Crippen LogP contribution in [0.15, 0.2) is 18.3 Å². The van der Waals surface area contributed by atoms with E-state index in [-0.39, 0.29) is 12.0 Å². The monoisotopic (exact) mass is 238 g/mol. The van der Waals surface area contributed by atoms with Gasteiger partial charge in [0.15, 0.2) is 11.6 Å². The molecule has 0 aromatic carbocycles. The lowest BCUT2D eigenvalue weighted by molar-refractivity contribution is 0.127. The van der Waals surface area contributed by atoms with Crippen LogP contribution in [-0.4, -0.2) is 30.4 Å². The smallest absolute Gasteiger partial charge is 0.168 e. The first-order valence-electron chi connectivity index (χ1n) is 6.05. The lowest BCUT2D eigenvalue weighted by Gasteiger charge is -2.29. The van der Waals surface area contributed by atoms with Gasteiger partial charge in [-0.2, -0.15) is 0 Å². The molecule has 0 amide bonds. The molecule has 0 aliphatic heterocycles. The summed E-state index contributed by atoms with van der Waals surface area (Å²) in [5, 5.41) is 12.8. The van der Waals surface area contributed by atoms with Crippen LogP contribution in [0.25, 0.3) is 0 Å². The first kappa shape index (κ1) is 13.8. The largest absolute Gasteiger partial charge is 0.493 e. The molecule has 0 fully saturated rings. The predicted molar refractivity (Wildman–Crippen MR) is 69.4 cm³/mol. The first-order chi connectivity index (χ1) is 8.21. The molecular weight excluding hydrogens is 216 g/mol. The highest BCUT2D eigenvalue weighted by atomic mass is 16.5. The van der Waals surface area contributed by atoms with Crippen LogP contribution >= 0.6 is 0 Å². The first-order valence-corrected chi connectivity index (χ1v) is 6.05. The molecule has 2 N–H and O–H groups in total. The third-order valence-corrected chi connectivity index (χ3v) is 3.46. The van der Waals surface area contributed by atoms with E-state index in [1.54, 1.807) is 13.3 Å². The van der Waals surface area contributed by atoms with Crippen molar-refractivity contribution in [2.45, 2.75) is 26.7 Å². The maximum absolute atomic E-state index is 9.49. The van der Waals surface area contributed by atoms with Gasteiger partial charge in [-0.25, -0.2) is 4.98 Å². The van der Waals surface area contributed by atoms with E-state index < -0.39 is 0 Å². The molecule has 1 heterocycles. The zero-order chi connectivity index (χ0) is 12.7. The van der Waals surface area contributed by atoms with Crippen molar-refractivity contribution < 1.29 is 9.84 Å². The maximum atomic E-state index is 9.49. The fourth-order valence-corrected chi connectivity index (χ4v) is 1.74. The highest BCUT2D eigenvalue weighted by Crippen LogP contribution is 2.28. The minimum atomic E-state index is -0.0808. The Morgan fingerprint density at radius 2 is 2.12 bits per heavy atom. The summed E-state index contributed by atoms with van der Waals surface area (Å²) in [5.41, 5.74) is -0.0808. The van der Waals surface area contributed by atoms with Crippen molar-refractivity contribution in [3.63, 3.8) is 0 Å². The molecule has 1 aromatic rings. The molecule has 0 atom stereocenters. The highest BCUT2D eigenvalue weighted by Gasteiger charge is 2.25. The van der Waals surface area contributed by atoms with E-state index in [1.165, 1.54) is 0 Å². The van der Waals surface area contributed by atoms with Gasteiger partial charge >= 0.3 is 0 Å². The van der Waals surface area contributed by atoms with Gasteiger partial charge in [0.2, 0.25) is 0 Å². The molecule has 1 aromatic heterocycles. The summed E-state index contributed by atoms with van der Waals surface area (Å²) in [5.74, 6) is 1.46. The SMILES string of the molecule is CCC(CC)(CO)CNc1ncccc1OC. The van der Waals surface area contributed by atoms with Crippen LogP contribution in [0, 0.1) is 5.41 Å². The van der Waals surface area contributed by atoms with Gasteiger partial charge in [0.25, 0.3) is 0 Å². The van der Waals surface area contributed by atoms with E-state index >= 15 is 0 Å². The van der Waals surface area contributed by atoms with Crippen LogP contribution in [0.1, 0.15) is 26.7 Å². The number of pyridine rings is 1. The van der Waals surface area contributed by atoms with Gasteiger partial charge in [-0.15, -0.1) is 0 Å². The molecule has 1 rings (SSSR count). The number of ether oxygens (including phenoxy) is 1. The number of hydrogen-bond donors (Lipinski definition) is 2. The molecule has 17 heavy (non-hydrogen) atoms. The van der Waals surface area contributed by atoms with E-state index in [0.717, 1.165) is 24.4 Å². The molecule has 0 aliphatic carbocycles. The van der Waals surface area contributed by atoms with Gasteiger partial charge < -0.3 is 15.2 Å². The summed E-state index contributed by atoms with van der Waals surface area (Å²) >= 11 is 0. The van der Waals surface area contributed by atoms with Crippen LogP contribution < -0.4 is 10.1 Å². The fourth-order valence-electron chi connectivity index (χ4n) is 1.74. The molecule has 0 saturated carbocycles. The van der Waals surface area contributed by atoms with Crippen molar-refractivity contribution in [3.8, 4) is 5.75 Å². The summed E-state index contributed by atoms with van der Waals surface area (Å²) < 4.78 is 5.22. The predicted octanol–water partition coefficient (Wildman–Crippen LogP) is 2.30. The molecule has 96 valence electrons. The second-order valence-electron chi connectivity index (χ2n) is 4.27. The average Bonchev–Trinajstić information content (AvgIpc) is 2.41. The number of methoxy groups -OCH3 is 1. The third-order valence-electron chi connectivity index (χ3n) is 3.46. The Bertz CT molecular complexity index is 330. The van der Waals surface area contributed by atoms with E-state index in [1.807, 2.05) is 12.1 Å². The van der Waals surface area contributed by atoms with Crippen molar-refractivity contribution in [2.75, 3.05) is 25.6 Å². The molecule has 0 spiro atoms. The zero-order valence-corrected chi connectivity index (χ0v) is 10.9. The number of aromatic nitrogens is 1. The number of nitrogens with zero attached hydrogens (tertiary/aromatic N) is 1. The molecule has 4 nitrogen and oxygen atoms in total. The Labute approximate surface area is 103 Å². The van der Waals surface area contributed by atoms with Gasteiger partial charge in [0.05, 0.1) is 13.7 Å². The summed E-state index contributed by atoms with van der Waals surface area (Å²) in [6.07, 6.45) is 3.59. The lowest BCUT2D eigenvalue weighted by atomic mass is 9.83. The Morgan fingerprint density at radius 3 is 2.65 bits per heavy atom. The number of nitrogens with one attached hydrogen (secondary N) is 1. The maximum Gasteiger partial charge on any atom is 0.168 e. The number of anilines is 1. The van der Waals surface area contributed by atoms with E-state index in [9.17, 15) is 5.11 Å². The Morgan fingerprint density at radius 1 is 1.41 bits per heavy atom. The lowest BCUT2D eigenvalue weighted by Crippen LogP contribution is -2.32. The number of aliphatic hydroxyl groups excluding tert-OH is 1. The van der Waals surface area contributed by atoms with E-state index in [4.69, 9.17) is 4.74 Å². The van der Waals surface area contributed by atoms with Crippen LogP contribution in [0.4, 0.5) is 5.82 Å². The van der Waals surface area contributed by atoms with Crippen LogP contribution in [0.2, 0.25) is 0 Å². The molecule has 0 bridgehead atoms. The number of rotatable bonds is 7. The van der Waals surface area contributed by atoms with Crippen LogP contribution in [0.5, 0.6) is 5.75 Å². The minimum absolute atomic E-state index is 0.0808. The Balaban J connectivity index is 2.71. The number of aliphatic hydroxyl groups is 1. The quantitative estimate of drug-likeness (QED) is 0.765. The van der Waals surface area contributed by atoms with Crippen LogP contribution in [0.3, 0.4) is 0 Å². The standard InChI is InChI=1S/C13H22N2O2/c1-4-13(5-2,10-16)9-15-12-11(17-3)7-6-8-14-12/h6-8,16H,4-5,9-10H2,1-3H3,(H,14,15). The van der Waals surface area contributed by atoms with Crippen molar-refractivity contribution in [1.82, 2.24) is 4.98 Å². The van der Waals surface area contributed by atoms with Crippen LogP contribution in [-0.2, 0) is 0 Å². The Hall–Kier alpha value is -1.29. The second-order valence-corrected chi connectivity index (χ2v) is 4.27. The minimum Gasteiger partial charge on any atom is -0.493 e. The number of hydrogen-bond acceptors (Lipinski definition) is 4. The van der Waals surface area contributed by atoms with Gasteiger partial charge in [0.1, 0.15) is 0 Å². The van der Waals surface area contributed by atoms with E-state index in [2.05, 4.69) is 24.1 Å². The topological polar surface area (TPSA) is 54.4 Å². The molecule has 0 radical (unpaired) electrons. The highest BCUT2D eigenvalue weighted by molar-refractivity contribution is 5.49. The van der Waals surface area contributed by atoms with Crippen molar-refractivity contribution in [2.24, 2.45) is 5.41 Å². The zero-order valence-electron chi connectivity index (χ0n) is 10.9. The molecule has 0 saturated heterocycles. The van der Waals surface area contributed by atoms with E-state index in [0.29, 0.717) is 6.54 Å². The summed E-state index contributed by atoms with van der Waals surface area (Å²) in [4.78, 5) is 4.24. The van der Waals surface area contributed by atoms with Gasteiger partial charge in [-0.1, -0.05) is 13.8 Å².